The fourth-order valence-electron chi connectivity index (χ4n) is 5.58. The van der Waals surface area contributed by atoms with Crippen molar-refractivity contribution >= 4 is 77.0 Å². The van der Waals surface area contributed by atoms with Crippen LogP contribution in [0.4, 0.5) is 0 Å². The lowest BCUT2D eigenvalue weighted by Gasteiger charge is -2.37. The lowest BCUT2D eigenvalue weighted by molar-refractivity contribution is -0.0893. The molecule has 2 aromatic heterocycles. The second-order valence-electron chi connectivity index (χ2n) is 11.4. The third kappa shape index (κ3) is 3.72. The van der Waals surface area contributed by atoms with Gasteiger partial charge in [0.05, 0.1) is 26.9 Å². The van der Waals surface area contributed by atoms with Crippen LogP contribution in [0.2, 0.25) is 0 Å². The van der Waals surface area contributed by atoms with E-state index in [-0.39, 0.29) is 0 Å². The summed E-state index contributed by atoms with van der Waals surface area (Å²) in [5.74, 6) is 0. The normalized spacial score (nSPS) is 12.8. The molecule has 0 radical (unpaired) electrons. The van der Waals surface area contributed by atoms with Crippen molar-refractivity contribution in [2.24, 2.45) is 0 Å². The van der Waals surface area contributed by atoms with Crippen LogP contribution in [0, 0.1) is 0 Å². The quantitative estimate of drug-likeness (QED) is 0.231. The standard InChI is InChI=1S/C34H30BNO2S/c1-33(2,37)34(3,4)38-35-21-17-19-22(20-18-21)36-27-15-9-7-13-25(27)29-23-11-5-6-12-24(23)30-26-14-8-10-16-28(26)39-32(30)31(29)36/h5-20,35,37H,1-4H3. The molecule has 0 amide bonds. The summed E-state index contributed by atoms with van der Waals surface area (Å²) in [4.78, 5) is 0. The first-order valence-electron chi connectivity index (χ1n) is 13.5. The molecule has 2 heterocycles. The van der Waals surface area contributed by atoms with Gasteiger partial charge in [0.1, 0.15) is 0 Å². The predicted molar refractivity (Wildman–Crippen MR) is 169 cm³/mol. The highest BCUT2D eigenvalue weighted by atomic mass is 32.1. The van der Waals surface area contributed by atoms with Crippen LogP contribution in [-0.4, -0.2) is 28.4 Å². The summed E-state index contributed by atoms with van der Waals surface area (Å²) in [6.07, 6.45) is 0. The summed E-state index contributed by atoms with van der Waals surface area (Å²) in [5, 5.41) is 18.3. The van der Waals surface area contributed by atoms with Gasteiger partial charge in [-0.3, -0.25) is 0 Å². The van der Waals surface area contributed by atoms with Gasteiger partial charge in [-0.05, 0) is 62.7 Å². The van der Waals surface area contributed by atoms with E-state index in [4.69, 9.17) is 4.65 Å². The van der Waals surface area contributed by atoms with Crippen molar-refractivity contribution in [3.8, 4) is 5.69 Å². The van der Waals surface area contributed by atoms with E-state index in [9.17, 15) is 5.11 Å². The second kappa shape index (κ2) is 8.69. The molecular weight excluding hydrogens is 497 g/mol. The fraction of sp³-hybridized carbons (Fsp3) is 0.176. The van der Waals surface area contributed by atoms with Crippen LogP contribution in [0.25, 0.3) is 58.4 Å². The molecule has 0 aliphatic heterocycles. The molecule has 1 N–H and O–H groups in total. The molecular formula is C34H30BNO2S. The number of fused-ring (bicyclic) bond motifs is 10. The largest absolute Gasteiger partial charge is 0.427 e. The predicted octanol–water partition coefficient (Wildman–Crippen LogP) is 7.85. The molecule has 5 heteroatoms. The van der Waals surface area contributed by atoms with E-state index in [1.165, 1.54) is 52.8 Å². The summed E-state index contributed by atoms with van der Waals surface area (Å²) in [7, 11) is 0.440. The molecule has 3 nitrogen and oxygen atoms in total. The summed E-state index contributed by atoms with van der Waals surface area (Å²) < 4.78 is 11.2. The van der Waals surface area contributed by atoms with Gasteiger partial charge in [-0.1, -0.05) is 78.3 Å². The van der Waals surface area contributed by atoms with Crippen LogP contribution in [-0.2, 0) is 4.65 Å². The fourth-order valence-corrected chi connectivity index (χ4v) is 6.83. The zero-order chi connectivity index (χ0) is 26.9. The summed E-state index contributed by atoms with van der Waals surface area (Å²) >= 11 is 1.88. The van der Waals surface area contributed by atoms with Crippen LogP contribution < -0.4 is 5.46 Å². The highest BCUT2D eigenvalue weighted by molar-refractivity contribution is 7.27. The Morgan fingerprint density at radius 2 is 1.28 bits per heavy atom. The Hall–Kier alpha value is -3.64. The van der Waals surface area contributed by atoms with E-state index in [1.807, 2.05) is 25.2 Å². The van der Waals surface area contributed by atoms with Crippen molar-refractivity contribution in [1.29, 1.82) is 0 Å². The summed E-state index contributed by atoms with van der Waals surface area (Å²) in [6.45, 7) is 7.44. The number of benzene rings is 5. The Morgan fingerprint density at radius 3 is 1.97 bits per heavy atom. The Morgan fingerprint density at radius 1 is 0.692 bits per heavy atom. The van der Waals surface area contributed by atoms with E-state index >= 15 is 0 Å². The topological polar surface area (TPSA) is 34.4 Å². The Bertz CT molecular complexity index is 2030. The van der Waals surface area contributed by atoms with Gasteiger partial charge in [-0.25, -0.2) is 0 Å². The molecule has 0 aliphatic rings. The molecule has 0 spiro atoms. The summed E-state index contributed by atoms with van der Waals surface area (Å²) in [5.41, 5.74) is 3.07. The number of para-hydroxylation sites is 1. The average Bonchev–Trinajstić information content (AvgIpc) is 3.49. The maximum absolute atomic E-state index is 10.5. The van der Waals surface area contributed by atoms with Gasteiger partial charge in [0.2, 0.25) is 0 Å². The first-order chi connectivity index (χ1) is 18.7. The third-order valence-corrected chi connectivity index (χ3v) is 9.60. The van der Waals surface area contributed by atoms with Crippen molar-refractivity contribution < 1.29 is 9.76 Å². The van der Waals surface area contributed by atoms with Crippen molar-refractivity contribution in [2.75, 3.05) is 0 Å². The number of aromatic nitrogens is 1. The molecule has 5 aromatic carbocycles. The molecule has 0 atom stereocenters. The van der Waals surface area contributed by atoms with Gasteiger partial charge in [-0.2, -0.15) is 0 Å². The van der Waals surface area contributed by atoms with E-state index in [0.29, 0.717) is 7.48 Å². The van der Waals surface area contributed by atoms with Gasteiger partial charge in [0.15, 0.2) is 0 Å². The van der Waals surface area contributed by atoms with Gasteiger partial charge in [-0.15, -0.1) is 11.3 Å². The SMILES string of the molecule is CC(C)(O)C(C)(C)OBc1ccc(-n2c3ccccc3c3c4ccccc4c4c5ccccc5sc4c32)cc1. The summed E-state index contributed by atoms with van der Waals surface area (Å²) in [6, 6.07) is 35.0. The van der Waals surface area contributed by atoms with Crippen LogP contribution in [0.5, 0.6) is 0 Å². The first kappa shape index (κ1) is 24.4. The monoisotopic (exact) mass is 527 g/mol. The Labute approximate surface area is 232 Å². The number of thiophene rings is 1. The van der Waals surface area contributed by atoms with E-state index in [1.54, 1.807) is 13.8 Å². The van der Waals surface area contributed by atoms with E-state index < -0.39 is 11.2 Å². The second-order valence-corrected chi connectivity index (χ2v) is 12.5. The lowest BCUT2D eigenvalue weighted by Crippen LogP contribution is -2.49. The minimum atomic E-state index is -0.936. The molecule has 192 valence electrons. The maximum atomic E-state index is 10.5. The van der Waals surface area contributed by atoms with E-state index in [2.05, 4.69) is 102 Å². The number of aliphatic hydroxyl groups is 1. The van der Waals surface area contributed by atoms with Gasteiger partial charge >= 0.3 is 7.48 Å². The molecule has 0 bridgehead atoms. The van der Waals surface area contributed by atoms with Crippen molar-refractivity contribution in [3.63, 3.8) is 0 Å². The van der Waals surface area contributed by atoms with Crippen molar-refractivity contribution in [2.45, 2.75) is 38.9 Å². The lowest BCUT2D eigenvalue weighted by atomic mass is 9.82. The molecule has 7 aromatic rings. The number of hydrogen-bond donors (Lipinski definition) is 1. The number of nitrogens with zero attached hydrogens (tertiary/aromatic N) is 1. The highest BCUT2D eigenvalue weighted by Gasteiger charge is 2.35. The maximum Gasteiger partial charge on any atom is 0.309 e. The van der Waals surface area contributed by atoms with Crippen LogP contribution in [0.1, 0.15) is 27.7 Å². The Balaban J connectivity index is 1.49. The molecule has 39 heavy (non-hydrogen) atoms. The van der Waals surface area contributed by atoms with Crippen LogP contribution >= 0.6 is 11.3 Å². The molecule has 0 fully saturated rings. The first-order valence-corrected chi connectivity index (χ1v) is 14.3. The number of hydrogen-bond acceptors (Lipinski definition) is 3. The van der Waals surface area contributed by atoms with Gasteiger partial charge in [0.25, 0.3) is 0 Å². The smallest absolute Gasteiger partial charge is 0.309 e. The molecule has 0 aliphatic carbocycles. The zero-order valence-electron chi connectivity index (χ0n) is 22.7. The molecule has 0 unspecified atom stereocenters. The van der Waals surface area contributed by atoms with Gasteiger partial charge < -0.3 is 14.3 Å². The zero-order valence-corrected chi connectivity index (χ0v) is 23.5. The highest BCUT2D eigenvalue weighted by Crippen LogP contribution is 2.47. The molecule has 7 rings (SSSR count). The van der Waals surface area contributed by atoms with Crippen molar-refractivity contribution in [1.82, 2.24) is 4.57 Å². The van der Waals surface area contributed by atoms with Crippen LogP contribution in [0.3, 0.4) is 0 Å². The van der Waals surface area contributed by atoms with Crippen molar-refractivity contribution in [3.05, 3.63) is 97.1 Å². The molecule has 0 saturated carbocycles. The van der Waals surface area contributed by atoms with E-state index in [0.717, 1.165) is 11.2 Å². The molecule has 0 saturated heterocycles. The average molecular weight is 527 g/mol. The minimum Gasteiger partial charge on any atom is -0.427 e. The minimum absolute atomic E-state index is 0.440. The number of rotatable bonds is 5. The third-order valence-electron chi connectivity index (χ3n) is 8.42. The van der Waals surface area contributed by atoms with Crippen LogP contribution in [0.15, 0.2) is 97.1 Å². The Kier molecular flexibility index (Phi) is 5.44. The van der Waals surface area contributed by atoms with Gasteiger partial charge in [0, 0.05) is 31.9 Å².